The molecule has 0 atom stereocenters. The fourth-order valence-corrected chi connectivity index (χ4v) is 4.83. The fourth-order valence-electron chi connectivity index (χ4n) is 2.15. The highest BCUT2D eigenvalue weighted by Crippen LogP contribution is 2.28. The predicted octanol–water partition coefficient (Wildman–Crippen LogP) is 3.26. The van der Waals surface area contributed by atoms with Gasteiger partial charge in [0.05, 0.1) is 22.1 Å². The van der Waals surface area contributed by atoms with Crippen molar-refractivity contribution in [2.75, 3.05) is 5.75 Å². The molecule has 0 aliphatic carbocycles. The molecule has 0 fully saturated rings. The highest BCUT2D eigenvalue weighted by Gasteiger charge is 2.08. The Balaban J connectivity index is 1.53. The van der Waals surface area contributed by atoms with Crippen LogP contribution in [0.5, 0.6) is 0 Å². The highest BCUT2D eigenvalue weighted by molar-refractivity contribution is 7.99. The lowest BCUT2D eigenvalue weighted by molar-refractivity contribution is 0.726. The van der Waals surface area contributed by atoms with Gasteiger partial charge in [0, 0.05) is 12.3 Å². The van der Waals surface area contributed by atoms with Crippen LogP contribution in [-0.4, -0.2) is 25.3 Å². The van der Waals surface area contributed by atoms with Crippen LogP contribution in [0.4, 0.5) is 0 Å². The van der Waals surface area contributed by atoms with E-state index >= 15 is 0 Å². The van der Waals surface area contributed by atoms with E-state index in [1.54, 1.807) is 40.3 Å². The van der Waals surface area contributed by atoms with Crippen LogP contribution < -0.4 is 5.56 Å². The topological polar surface area (TPSA) is 60.7 Å². The van der Waals surface area contributed by atoms with Crippen molar-refractivity contribution in [2.45, 2.75) is 11.6 Å². The summed E-state index contributed by atoms with van der Waals surface area (Å²) >= 11 is 4.72. The average molecular weight is 346 g/mol. The van der Waals surface area contributed by atoms with E-state index in [1.165, 1.54) is 11.3 Å². The molecule has 22 heavy (non-hydrogen) atoms. The lowest BCUT2D eigenvalue weighted by atomic mass is 10.5. The summed E-state index contributed by atoms with van der Waals surface area (Å²) in [6.45, 7) is 0.612. The summed E-state index contributed by atoms with van der Waals surface area (Å²) in [6, 6.07) is 3.86. The molecule has 0 radical (unpaired) electrons. The van der Waals surface area contributed by atoms with Crippen molar-refractivity contribution in [3.63, 3.8) is 0 Å². The Hall–Kier alpha value is -1.77. The third-order valence-corrected chi connectivity index (χ3v) is 6.12. The van der Waals surface area contributed by atoms with Crippen molar-refractivity contribution in [2.24, 2.45) is 0 Å². The van der Waals surface area contributed by atoms with Crippen LogP contribution in [0.15, 0.2) is 45.4 Å². The van der Waals surface area contributed by atoms with Crippen LogP contribution in [0, 0.1) is 0 Å². The Morgan fingerprint density at radius 3 is 2.68 bits per heavy atom. The van der Waals surface area contributed by atoms with Crippen molar-refractivity contribution in [1.82, 2.24) is 19.5 Å². The minimum atomic E-state index is 0.0320. The Labute approximate surface area is 137 Å². The molecule has 4 aromatic rings. The van der Waals surface area contributed by atoms with Crippen LogP contribution in [0.1, 0.15) is 0 Å². The van der Waals surface area contributed by atoms with Gasteiger partial charge < -0.3 is 0 Å². The van der Waals surface area contributed by atoms with Crippen LogP contribution in [-0.2, 0) is 6.54 Å². The van der Waals surface area contributed by atoms with E-state index in [-0.39, 0.29) is 5.56 Å². The quantitative estimate of drug-likeness (QED) is 0.419. The van der Waals surface area contributed by atoms with Crippen LogP contribution in [0.3, 0.4) is 0 Å². The third kappa shape index (κ3) is 2.43. The molecule has 4 heterocycles. The normalized spacial score (nSPS) is 11.5. The van der Waals surface area contributed by atoms with Crippen LogP contribution in [0.2, 0.25) is 0 Å². The number of thioether (sulfide) groups is 1. The van der Waals surface area contributed by atoms with Gasteiger partial charge in [0.1, 0.15) is 16.1 Å². The van der Waals surface area contributed by atoms with Crippen LogP contribution in [0.25, 0.3) is 20.4 Å². The minimum Gasteiger partial charge on any atom is -0.297 e. The summed E-state index contributed by atoms with van der Waals surface area (Å²) in [4.78, 5) is 25.2. The summed E-state index contributed by atoms with van der Waals surface area (Å²) in [7, 11) is 0. The summed E-state index contributed by atoms with van der Waals surface area (Å²) in [6.07, 6.45) is 3.21. The summed E-state index contributed by atoms with van der Waals surface area (Å²) in [5, 5.41) is 4.88. The lowest BCUT2D eigenvalue weighted by Gasteiger charge is -2.05. The van der Waals surface area contributed by atoms with Gasteiger partial charge in [0.15, 0.2) is 0 Å². The van der Waals surface area contributed by atoms with Crippen molar-refractivity contribution in [3.05, 3.63) is 45.9 Å². The molecule has 0 aromatic carbocycles. The number of thiophene rings is 2. The molecule has 0 aliphatic rings. The molecular weight excluding hydrogens is 336 g/mol. The smallest absolute Gasteiger partial charge is 0.271 e. The molecule has 0 spiro atoms. The molecule has 110 valence electrons. The van der Waals surface area contributed by atoms with Gasteiger partial charge in [-0.05, 0) is 22.9 Å². The van der Waals surface area contributed by atoms with Crippen molar-refractivity contribution in [3.8, 4) is 0 Å². The highest BCUT2D eigenvalue weighted by atomic mass is 32.2. The van der Waals surface area contributed by atoms with Gasteiger partial charge in [-0.1, -0.05) is 0 Å². The SMILES string of the molecule is O=c1c2sccc2ncn1CCSc1ncnc2ccsc12. The fraction of sp³-hybridized carbons (Fsp3) is 0.143. The molecular formula is C14H10N4OS3. The zero-order chi connectivity index (χ0) is 14.9. The Kier molecular flexibility index (Phi) is 3.65. The maximum Gasteiger partial charge on any atom is 0.271 e. The van der Waals surface area contributed by atoms with Gasteiger partial charge in [-0.15, -0.1) is 34.4 Å². The minimum absolute atomic E-state index is 0.0320. The van der Waals surface area contributed by atoms with Gasteiger partial charge in [-0.3, -0.25) is 9.36 Å². The Morgan fingerprint density at radius 2 is 1.82 bits per heavy atom. The molecule has 0 bridgehead atoms. The first-order valence-electron chi connectivity index (χ1n) is 6.56. The van der Waals surface area contributed by atoms with Gasteiger partial charge in [0.2, 0.25) is 0 Å². The molecule has 0 N–H and O–H groups in total. The molecule has 5 nitrogen and oxygen atoms in total. The van der Waals surface area contributed by atoms with Gasteiger partial charge >= 0.3 is 0 Å². The van der Waals surface area contributed by atoms with E-state index in [2.05, 4.69) is 15.0 Å². The molecule has 0 aliphatic heterocycles. The Morgan fingerprint density at radius 1 is 1.05 bits per heavy atom. The second kappa shape index (κ2) is 5.79. The average Bonchev–Trinajstić information content (AvgIpc) is 3.18. The monoisotopic (exact) mass is 346 g/mol. The molecule has 0 unspecified atom stereocenters. The number of aromatic nitrogens is 4. The molecule has 4 aromatic heterocycles. The van der Waals surface area contributed by atoms with E-state index < -0.39 is 0 Å². The van der Waals surface area contributed by atoms with Gasteiger partial charge in [-0.25, -0.2) is 15.0 Å². The second-order valence-electron chi connectivity index (χ2n) is 4.54. The van der Waals surface area contributed by atoms with E-state index in [4.69, 9.17) is 0 Å². The number of nitrogens with zero attached hydrogens (tertiary/aromatic N) is 4. The van der Waals surface area contributed by atoms with Gasteiger partial charge in [-0.2, -0.15) is 0 Å². The number of hydrogen-bond acceptors (Lipinski definition) is 7. The summed E-state index contributed by atoms with van der Waals surface area (Å²) < 4.78 is 3.49. The second-order valence-corrected chi connectivity index (χ2v) is 7.46. The maximum absolute atomic E-state index is 12.3. The number of rotatable bonds is 4. The molecule has 0 amide bonds. The standard InChI is InChI=1S/C14H10N4OS3/c19-14-12-10(2-5-21-12)17-8-18(14)3-6-22-13-11-9(1-4-20-11)15-7-16-13/h1-2,4-5,7-8H,3,6H2. The zero-order valence-corrected chi connectivity index (χ0v) is 13.7. The maximum atomic E-state index is 12.3. The van der Waals surface area contributed by atoms with Crippen molar-refractivity contribution in [1.29, 1.82) is 0 Å². The first-order valence-corrected chi connectivity index (χ1v) is 9.31. The van der Waals surface area contributed by atoms with Crippen molar-refractivity contribution >= 4 is 54.9 Å². The molecule has 8 heteroatoms. The molecule has 0 saturated heterocycles. The third-order valence-electron chi connectivity index (χ3n) is 3.22. The Bertz CT molecular complexity index is 1000. The number of aryl methyl sites for hydroxylation is 1. The van der Waals surface area contributed by atoms with Crippen LogP contribution >= 0.6 is 34.4 Å². The largest absolute Gasteiger partial charge is 0.297 e. The summed E-state index contributed by atoms with van der Waals surface area (Å²) in [5.74, 6) is 0.766. The van der Waals surface area contributed by atoms with E-state index in [9.17, 15) is 4.79 Å². The number of fused-ring (bicyclic) bond motifs is 2. The lowest BCUT2D eigenvalue weighted by Crippen LogP contribution is -2.20. The van der Waals surface area contributed by atoms with E-state index in [0.29, 0.717) is 6.54 Å². The number of hydrogen-bond donors (Lipinski definition) is 0. The van der Waals surface area contributed by atoms with E-state index in [0.717, 1.165) is 31.2 Å². The van der Waals surface area contributed by atoms with Gasteiger partial charge in [0.25, 0.3) is 5.56 Å². The van der Waals surface area contributed by atoms with Crippen molar-refractivity contribution < 1.29 is 0 Å². The predicted molar refractivity (Wildman–Crippen MR) is 92.0 cm³/mol. The first-order chi connectivity index (χ1) is 10.8. The zero-order valence-electron chi connectivity index (χ0n) is 11.3. The summed E-state index contributed by atoms with van der Waals surface area (Å²) in [5.41, 5.74) is 1.78. The first kappa shape index (κ1) is 13.9. The molecule has 4 rings (SSSR count). The molecule has 0 saturated carbocycles. The van der Waals surface area contributed by atoms with E-state index in [1.807, 2.05) is 22.9 Å².